The number of oxazole rings is 1. The first-order chi connectivity index (χ1) is 20.1. The van der Waals surface area contributed by atoms with E-state index >= 15 is 0 Å². The van der Waals surface area contributed by atoms with Crippen molar-refractivity contribution in [3.8, 4) is 5.75 Å². The number of rotatable bonds is 14. The third-order valence-electron chi connectivity index (χ3n) is 6.97. The average Bonchev–Trinajstić information content (AvgIpc) is 3.57. The highest BCUT2D eigenvalue weighted by molar-refractivity contribution is 5.99. The van der Waals surface area contributed by atoms with E-state index in [2.05, 4.69) is 29.2 Å². The van der Waals surface area contributed by atoms with Crippen LogP contribution in [0, 0.1) is 0 Å². The maximum absolute atomic E-state index is 12.8. The number of hydrogen-bond donors (Lipinski definition) is 0. The normalized spacial score (nSPS) is 15.0. The SMILES string of the molecule is O=C1OC(CCCCCCc2ccc(OCc3ccccc3)cc2)C(=O)N1Cc1coc(C=Cc2ccccc2)n1. The van der Waals surface area contributed by atoms with Crippen LogP contribution in [-0.4, -0.2) is 28.0 Å². The van der Waals surface area contributed by atoms with Crippen LogP contribution in [0.5, 0.6) is 5.75 Å². The molecule has 7 heteroatoms. The molecular weight excluding hydrogens is 516 g/mol. The van der Waals surface area contributed by atoms with Gasteiger partial charge in [0, 0.05) is 6.08 Å². The highest BCUT2D eigenvalue weighted by atomic mass is 16.6. The second-order valence-electron chi connectivity index (χ2n) is 10.1. The van der Waals surface area contributed by atoms with Gasteiger partial charge in [-0.15, -0.1) is 0 Å². The zero-order valence-electron chi connectivity index (χ0n) is 23.0. The fraction of sp³-hybridized carbons (Fsp3) is 0.265. The van der Waals surface area contributed by atoms with Crippen LogP contribution in [0.1, 0.15) is 60.4 Å². The Balaban J connectivity index is 0.980. The molecule has 1 aromatic heterocycles. The van der Waals surface area contributed by atoms with Crippen LogP contribution in [0.3, 0.4) is 0 Å². The standard InChI is InChI=1S/C34H34N2O5/c37-33-31(41-34(38)36(33)23-29-25-40-32(35-29)22-19-26-11-6-3-7-12-26)16-10-2-1-5-13-27-17-20-30(21-18-27)39-24-28-14-8-4-9-15-28/h3-4,6-9,11-12,14-15,17-22,25,31H,1-2,5,10,13,16,23-24H2. The predicted octanol–water partition coefficient (Wildman–Crippen LogP) is 7.46. The third kappa shape index (κ3) is 8.18. The van der Waals surface area contributed by atoms with Crippen LogP contribution in [0.2, 0.25) is 0 Å². The van der Waals surface area contributed by atoms with E-state index in [1.807, 2.05) is 66.7 Å². The van der Waals surface area contributed by atoms with Gasteiger partial charge in [0.15, 0.2) is 6.10 Å². The van der Waals surface area contributed by atoms with Gasteiger partial charge in [-0.25, -0.2) is 14.7 Å². The largest absolute Gasteiger partial charge is 0.489 e. The minimum atomic E-state index is -0.727. The van der Waals surface area contributed by atoms with Gasteiger partial charge in [-0.2, -0.15) is 0 Å². The Bertz CT molecular complexity index is 1430. The van der Waals surface area contributed by atoms with Gasteiger partial charge in [-0.1, -0.05) is 85.6 Å². The van der Waals surface area contributed by atoms with Gasteiger partial charge in [-0.05, 0) is 60.6 Å². The van der Waals surface area contributed by atoms with E-state index in [0.29, 0.717) is 24.6 Å². The van der Waals surface area contributed by atoms with Gasteiger partial charge in [0.2, 0.25) is 5.89 Å². The molecule has 3 aromatic carbocycles. The van der Waals surface area contributed by atoms with Gasteiger partial charge in [-0.3, -0.25) is 4.79 Å². The Hall–Kier alpha value is -4.65. The van der Waals surface area contributed by atoms with E-state index in [1.54, 1.807) is 6.08 Å². The lowest BCUT2D eigenvalue weighted by Gasteiger charge is -2.09. The first-order valence-corrected chi connectivity index (χ1v) is 14.1. The number of hydrogen-bond acceptors (Lipinski definition) is 6. The molecule has 0 spiro atoms. The predicted molar refractivity (Wildman–Crippen MR) is 157 cm³/mol. The lowest BCUT2D eigenvalue weighted by Crippen LogP contribution is -2.31. The summed E-state index contributed by atoms with van der Waals surface area (Å²) in [7, 11) is 0. The molecule has 0 saturated carbocycles. The minimum Gasteiger partial charge on any atom is -0.489 e. The molecule has 0 radical (unpaired) electrons. The summed E-state index contributed by atoms with van der Waals surface area (Å²) >= 11 is 0. The summed E-state index contributed by atoms with van der Waals surface area (Å²) in [6.07, 6.45) is 9.16. The number of nitrogens with zero attached hydrogens (tertiary/aromatic N) is 2. The zero-order valence-corrected chi connectivity index (χ0v) is 23.0. The molecule has 1 atom stereocenters. The van der Waals surface area contributed by atoms with Gasteiger partial charge < -0.3 is 13.9 Å². The van der Waals surface area contributed by atoms with E-state index < -0.39 is 12.2 Å². The molecule has 1 unspecified atom stereocenters. The van der Waals surface area contributed by atoms with Crippen molar-refractivity contribution in [3.63, 3.8) is 0 Å². The highest BCUT2D eigenvalue weighted by Crippen LogP contribution is 2.22. The summed E-state index contributed by atoms with van der Waals surface area (Å²) in [4.78, 5) is 30.6. The molecule has 1 saturated heterocycles. The van der Waals surface area contributed by atoms with Gasteiger partial charge in [0.05, 0.1) is 12.2 Å². The Labute approximate surface area is 240 Å². The number of cyclic esters (lactones) is 1. The van der Waals surface area contributed by atoms with E-state index in [0.717, 1.165) is 53.9 Å². The summed E-state index contributed by atoms with van der Waals surface area (Å²) in [5.41, 5.74) is 3.95. The Kier molecular flexibility index (Phi) is 9.61. The number of aromatic nitrogens is 1. The first kappa shape index (κ1) is 27.9. The molecule has 0 aliphatic carbocycles. The third-order valence-corrected chi connectivity index (χ3v) is 6.97. The number of carbonyl (C=O) groups is 2. The molecule has 1 aliphatic heterocycles. The molecule has 5 rings (SSSR count). The number of ether oxygens (including phenoxy) is 2. The Morgan fingerprint density at radius 1 is 0.805 bits per heavy atom. The van der Waals surface area contributed by atoms with Gasteiger partial charge in [0.25, 0.3) is 5.91 Å². The second kappa shape index (κ2) is 14.1. The Morgan fingerprint density at radius 2 is 1.54 bits per heavy atom. The second-order valence-corrected chi connectivity index (χ2v) is 10.1. The van der Waals surface area contributed by atoms with Crippen LogP contribution >= 0.6 is 0 Å². The van der Waals surface area contributed by atoms with Gasteiger partial charge in [0.1, 0.15) is 18.6 Å². The van der Waals surface area contributed by atoms with Crippen molar-refractivity contribution in [1.82, 2.24) is 9.88 Å². The first-order valence-electron chi connectivity index (χ1n) is 14.1. The number of imide groups is 1. The van der Waals surface area contributed by atoms with Crippen LogP contribution in [0.25, 0.3) is 12.2 Å². The van der Waals surface area contributed by atoms with Gasteiger partial charge >= 0.3 is 6.09 Å². The monoisotopic (exact) mass is 550 g/mol. The van der Waals surface area contributed by atoms with Crippen molar-refractivity contribution in [1.29, 1.82) is 0 Å². The number of benzene rings is 3. The molecule has 41 heavy (non-hydrogen) atoms. The number of amides is 2. The van der Waals surface area contributed by atoms with Crippen molar-refractivity contribution in [2.75, 3.05) is 0 Å². The topological polar surface area (TPSA) is 81.9 Å². The molecule has 2 heterocycles. The molecular formula is C34H34N2O5. The molecule has 0 bridgehead atoms. The van der Waals surface area contributed by atoms with Crippen LogP contribution in [0.15, 0.2) is 95.6 Å². The summed E-state index contributed by atoms with van der Waals surface area (Å²) in [6, 6.07) is 28.2. The molecule has 4 aromatic rings. The summed E-state index contributed by atoms with van der Waals surface area (Å²) in [5, 5.41) is 0. The summed E-state index contributed by atoms with van der Waals surface area (Å²) in [5.74, 6) is 0.966. The van der Waals surface area contributed by atoms with E-state index in [9.17, 15) is 9.59 Å². The molecule has 2 amide bonds. The molecule has 7 nitrogen and oxygen atoms in total. The average molecular weight is 551 g/mol. The molecule has 1 fully saturated rings. The molecule has 210 valence electrons. The van der Waals surface area contributed by atoms with Crippen molar-refractivity contribution in [3.05, 3.63) is 119 Å². The number of aryl methyl sites for hydroxylation is 1. The number of unbranched alkanes of at least 4 members (excludes halogenated alkanes) is 3. The lowest BCUT2D eigenvalue weighted by atomic mass is 10.0. The summed E-state index contributed by atoms with van der Waals surface area (Å²) < 4.78 is 16.7. The molecule has 0 N–H and O–H groups in total. The van der Waals surface area contributed by atoms with Crippen LogP contribution in [-0.2, 0) is 29.1 Å². The van der Waals surface area contributed by atoms with Crippen molar-refractivity contribution >= 4 is 24.2 Å². The number of carbonyl (C=O) groups excluding carboxylic acids is 2. The van der Waals surface area contributed by atoms with Crippen molar-refractivity contribution in [2.24, 2.45) is 0 Å². The zero-order chi connectivity index (χ0) is 28.3. The molecule has 1 aliphatic rings. The van der Waals surface area contributed by atoms with E-state index in [4.69, 9.17) is 13.9 Å². The quantitative estimate of drug-likeness (QED) is 0.152. The summed E-state index contributed by atoms with van der Waals surface area (Å²) in [6.45, 7) is 0.595. The lowest BCUT2D eigenvalue weighted by molar-refractivity contribution is -0.130. The van der Waals surface area contributed by atoms with E-state index in [-0.39, 0.29) is 12.5 Å². The maximum atomic E-state index is 12.8. The van der Waals surface area contributed by atoms with Crippen LogP contribution < -0.4 is 4.74 Å². The fourth-order valence-electron chi connectivity index (χ4n) is 4.70. The van der Waals surface area contributed by atoms with Crippen molar-refractivity contribution in [2.45, 2.75) is 57.8 Å². The maximum Gasteiger partial charge on any atom is 0.417 e. The smallest absolute Gasteiger partial charge is 0.417 e. The minimum absolute atomic E-state index is 0.0347. The Morgan fingerprint density at radius 3 is 2.32 bits per heavy atom. The van der Waals surface area contributed by atoms with Crippen molar-refractivity contribution < 1.29 is 23.5 Å². The highest BCUT2D eigenvalue weighted by Gasteiger charge is 2.40. The van der Waals surface area contributed by atoms with Crippen LogP contribution in [0.4, 0.5) is 4.79 Å². The van der Waals surface area contributed by atoms with E-state index in [1.165, 1.54) is 11.8 Å². The fourth-order valence-corrected chi connectivity index (χ4v) is 4.70.